The fourth-order valence-corrected chi connectivity index (χ4v) is 3.75. The second kappa shape index (κ2) is 11.2. The minimum atomic E-state index is -4.17. The van der Waals surface area contributed by atoms with E-state index in [9.17, 15) is 13.2 Å². The summed E-state index contributed by atoms with van der Waals surface area (Å²) in [4.78, 5) is 6.11. The summed E-state index contributed by atoms with van der Waals surface area (Å²) in [5.74, 6) is 0.611. The highest BCUT2D eigenvalue weighted by atomic mass is 127. The van der Waals surface area contributed by atoms with E-state index in [0.29, 0.717) is 38.6 Å². The Balaban J connectivity index is 0.00000341. The van der Waals surface area contributed by atoms with Gasteiger partial charge in [0.25, 0.3) is 0 Å². The van der Waals surface area contributed by atoms with E-state index < -0.39 is 12.7 Å². The van der Waals surface area contributed by atoms with Crippen LogP contribution >= 0.6 is 24.0 Å². The average Bonchev–Trinajstić information content (AvgIpc) is 3.24. The molecule has 1 aromatic carbocycles. The first-order chi connectivity index (χ1) is 14.2. The van der Waals surface area contributed by atoms with Crippen LogP contribution in [0.5, 0.6) is 0 Å². The Kier molecular flexibility index (Phi) is 9.16. The molecule has 2 heterocycles. The molecule has 31 heavy (non-hydrogen) atoms. The molecule has 172 valence electrons. The Morgan fingerprint density at radius 3 is 2.65 bits per heavy atom. The number of nitrogens with one attached hydrogen (secondary N) is 2. The molecule has 2 N–H and O–H groups in total. The van der Waals surface area contributed by atoms with E-state index in [2.05, 4.69) is 20.7 Å². The molecule has 0 amide bonds. The van der Waals surface area contributed by atoms with Crippen molar-refractivity contribution in [3.05, 3.63) is 47.3 Å². The number of aromatic nitrogens is 2. The molecule has 6 nitrogen and oxygen atoms in total. The Morgan fingerprint density at radius 2 is 2.00 bits per heavy atom. The molecule has 0 saturated carbocycles. The summed E-state index contributed by atoms with van der Waals surface area (Å²) in [6, 6.07) is 9.92. The van der Waals surface area contributed by atoms with Gasteiger partial charge >= 0.3 is 6.18 Å². The molecule has 1 saturated heterocycles. The molecule has 1 aliphatic heterocycles. The standard InChI is InChI=1S/C21H29F3N6.HI/c1-4-25-20(27-18-9-10-29(13-18)14-21(22,23)24)26-12-17-7-5-6-8-19(17)30-16(3)11-15(2)28-30;/h5-8,11,18H,4,9-10,12-14H2,1-3H3,(H2,25,26,27);1H. The normalized spacial score (nSPS) is 17.5. The number of likely N-dealkylation sites (tertiary alicyclic amines) is 1. The quantitative estimate of drug-likeness (QED) is 0.327. The van der Waals surface area contributed by atoms with Crippen molar-refractivity contribution in [1.82, 2.24) is 25.3 Å². The number of rotatable bonds is 6. The molecule has 1 aliphatic rings. The van der Waals surface area contributed by atoms with Crippen LogP contribution in [0.2, 0.25) is 0 Å². The molecule has 10 heteroatoms. The third-order valence-corrected chi connectivity index (χ3v) is 5.00. The molecule has 0 spiro atoms. The number of nitrogens with zero attached hydrogens (tertiary/aromatic N) is 4. The topological polar surface area (TPSA) is 57.5 Å². The first kappa shape index (κ1) is 25.4. The second-order valence-electron chi connectivity index (χ2n) is 7.64. The van der Waals surface area contributed by atoms with Crippen molar-refractivity contribution in [3.63, 3.8) is 0 Å². The van der Waals surface area contributed by atoms with Gasteiger partial charge in [-0.15, -0.1) is 24.0 Å². The van der Waals surface area contributed by atoms with Gasteiger partial charge in [-0.25, -0.2) is 9.67 Å². The van der Waals surface area contributed by atoms with Gasteiger partial charge in [-0.3, -0.25) is 4.90 Å². The lowest BCUT2D eigenvalue weighted by Gasteiger charge is -2.20. The molecule has 1 unspecified atom stereocenters. The molecule has 1 aromatic heterocycles. The maximum absolute atomic E-state index is 12.6. The fraction of sp³-hybridized carbons (Fsp3) is 0.524. The van der Waals surface area contributed by atoms with Crippen LogP contribution in [0.3, 0.4) is 0 Å². The van der Waals surface area contributed by atoms with Crippen LogP contribution in [0.4, 0.5) is 13.2 Å². The molecular weight excluding hydrogens is 520 g/mol. The monoisotopic (exact) mass is 550 g/mol. The van der Waals surface area contributed by atoms with Crippen LogP contribution < -0.4 is 10.6 Å². The van der Waals surface area contributed by atoms with E-state index >= 15 is 0 Å². The number of benzene rings is 1. The molecule has 1 fully saturated rings. The Labute approximate surface area is 198 Å². The van der Waals surface area contributed by atoms with E-state index in [4.69, 9.17) is 0 Å². The Morgan fingerprint density at radius 1 is 1.26 bits per heavy atom. The number of guanidine groups is 1. The molecule has 0 radical (unpaired) electrons. The van der Waals surface area contributed by atoms with Gasteiger partial charge in [0.1, 0.15) is 0 Å². The van der Waals surface area contributed by atoms with Gasteiger partial charge in [0.2, 0.25) is 0 Å². The van der Waals surface area contributed by atoms with E-state index in [1.54, 1.807) is 0 Å². The summed E-state index contributed by atoms with van der Waals surface area (Å²) < 4.78 is 39.8. The molecule has 0 aliphatic carbocycles. The zero-order valence-corrected chi connectivity index (χ0v) is 20.4. The lowest BCUT2D eigenvalue weighted by Crippen LogP contribution is -2.45. The average molecular weight is 550 g/mol. The maximum Gasteiger partial charge on any atom is 0.401 e. The zero-order valence-electron chi connectivity index (χ0n) is 18.0. The number of hydrogen-bond acceptors (Lipinski definition) is 3. The minimum absolute atomic E-state index is 0. The molecule has 2 aromatic rings. The van der Waals surface area contributed by atoms with Crippen molar-refractivity contribution in [2.45, 2.75) is 46.0 Å². The predicted octanol–water partition coefficient (Wildman–Crippen LogP) is 3.80. The SMILES string of the molecule is CCNC(=NCc1ccccc1-n1nc(C)cc1C)NC1CCN(CC(F)(F)F)C1.I. The van der Waals surface area contributed by atoms with Gasteiger partial charge in [0.15, 0.2) is 5.96 Å². The highest BCUT2D eigenvalue weighted by Gasteiger charge is 2.34. The van der Waals surface area contributed by atoms with E-state index in [1.807, 2.05) is 55.8 Å². The Hall–Kier alpha value is -1.82. The minimum Gasteiger partial charge on any atom is -0.357 e. The van der Waals surface area contributed by atoms with E-state index in [1.165, 1.54) is 4.90 Å². The highest BCUT2D eigenvalue weighted by molar-refractivity contribution is 14.0. The molecular formula is C21H30F3IN6. The lowest BCUT2D eigenvalue weighted by atomic mass is 10.2. The van der Waals surface area contributed by atoms with Crippen LogP contribution in [0.15, 0.2) is 35.3 Å². The zero-order chi connectivity index (χ0) is 21.7. The number of aryl methyl sites for hydroxylation is 2. The van der Waals surface area contributed by atoms with Crippen LogP contribution in [-0.4, -0.2) is 59.0 Å². The number of halogens is 4. The van der Waals surface area contributed by atoms with Gasteiger partial charge in [0.05, 0.1) is 24.5 Å². The van der Waals surface area contributed by atoms with Crippen molar-refractivity contribution < 1.29 is 13.2 Å². The third kappa shape index (κ3) is 7.37. The van der Waals surface area contributed by atoms with Gasteiger partial charge in [-0.1, -0.05) is 18.2 Å². The number of alkyl halides is 3. The summed E-state index contributed by atoms with van der Waals surface area (Å²) in [6.07, 6.45) is -3.51. The van der Waals surface area contributed by atoms with Crippen LogP contribution in [0.1, 0.15) is 30.3 Å². The van der Waals surface area contributed by atoms with E-state index in [-0.39, 0.29) is 30.0 Å². The van der Waals surface area contributed by atoms with Gasteiger partial charge in [-0.2, -0.15) is 18.3 Å². The van der Waals surface area contributed by atoms with Gasteiger partial charge < -0.3 is 10.6 Å². The number of hydrogen-bond donors (Lipinski definition) is 2. The number of para-hydroxylation sites is 1. The Bertz CT molecular complexity index is 880. The predicted molar refractivity (Wildman–Crippen MR) is 127 cm³/mol. The van der Waals surface area contributed by atoms with Crippen LogP contribution in [-0.2, 0) is 6.54 Å². The molecule has 1 atom stereocenters. The third-order valence-electron chi connectivity index (χ3n) is 5.00. The van der Waals surface area contributed by atoms with Crippen LogP contribution in [0, 0.1) is 13.8 Å². The first-order valence-electron chi connectivity index (χ1n) is 10.2. The van der Waals surface area contributed by atoms with E-state index in [0.717, 1.165) is 22.6 Å². The van der Waals surface area contributed by atoms with Crippen molar-refractivity contribution in [3.8, 4) is 5.69 Å². The largest absolute Gasteiger partial charge is 0.401 e. The fourth-order valence-electron chi connectivity index (χ4n) is 3.75. The second-order valence-corrected chi connectivity index (χ2v) is 7.64. The summed E-state index contributed by atoms with van der Waals surface area (Å²) >= 11 is 0. The van der Waals surface area contributed by atoms with Crippen LogP contribution in [0.25, 0.3) is 5.69 Å². The smallest absolute Gasteiger partial charge is 0.357 e. The molecule has 0 bridgehead atoms. The molecule has 3 rings (SSSR count). The highest BCUT2D eigenvalue weighted by Crippen LogP contribution is 2.20. The van der Waals surface area contributed by atoms with Crippen molar-refractivity contribution in [1.29, 1.82) is 0 Å². The lowest BCUT2D eigenvalue weighted by molar-refractivity contribution is -0.143. The summed E-state index contributed by atoms with van der Waals surface area (Å²) in [5, 5.41) is 11.0. The summed E-state index contributed by atoms with van der Waals surface area (Å²) in [7, 11) is 0. The summed E-state index contributed by atoms with van der Waals surface area (Å²) in [5.41, 5.74) is 3.99. The number of aliphatic imine (C=N–C) groups is 1. The van der Waals surface area contributed by atoms with Crippen molar-refractivity contribution >= 4 is 29.9 Å². The van der Waals surface area contributed by atoms with Crippen molar-refractivity contribution in [2.75, 3.05) is 26.2 Å². The van der Waals surface area contributed by atoms with Gasteiger partial charge in [0, 0.05) is 31.4 Å². The van der Waals surface area contributed by atoms with Crippen molar-refractivity contribution in [2.24, 2.45) is 4.99 Å². The first-order valence-corrected chi connectivity index (χ1v) is 10.2. The van der Waals surface area contributed by atoms with Gasteiger partial charge in [-0.05, 0) is 44.9 Å². The maximum atomic E-state index is 12.6. The summed E-state index contributed by atoms with van der Waals surface area (Å²) in [6.45, 7) is 6.95.